The van der Waals surface area contributed by atoms with Gasteiger partial charge in [0, 0.05) is 6.92 Å². The summed E-state index contributed by atoms with van der Waals surface area (Å²) >= 11 is 1.57. The van der Waals surface area contributed by atoms with Gasteiger partial charge in [-0.2, -0.15) is 0 Å². The topological polar surface area (TPSA) is 128 Å². The van der Waals surface area contributed by atoms with Gasteiger partial charge in [0.2, 0.25) is 0 Å². The lowest BCUT2D eigenvalue weighted by atomic mass is 9.95. The van der Waals surface area contributed by atoms with Gasteiger partial charge in [-0.05, 0) is 60.4 Å². The molecule has 15 atom stereocenters. The molecule has 3 aliphatic rings. The normalized spacial score (nSPS) is 29.4. The Balaban J connectivity index is 1.07. The smallest absolute Gasteiger partial charge is 0.303 e. The zero-order valence-electron chi connectivity index (χ0n) is 44.4. The number of benzene rings is 6. The number of carbonyl (C=O) groups is 1. The molecule has 6 aromatic carbocycles. The monoisotopic (exact) mass is 1070 g/mol. The predicted octanol–water partition coefficient (Wildman–Crippen LogP) is 10.8. The van der Waals surface area contributed by atoms with Gasteiger partial charge in [-0.15, -0.1) is 11.8 Å². The third-order valence-electron chi connectivity index (χ3n) is 14.0. The van der Waals surface area contributed by atoms with Crippen LogP contribution in [-0.2, 0) is 101 Å². The largest absolute Gasteiger partial charge is 0.457 e. The second-order valence-corrected chi connectivity index (χ2v) is 20.6. The van der Waals surface area contributed by atoms with Crippen molar-refractivity contribution in [2.75, 3.05) is 6.26 Å². The van der Waals surface area contributed by atoms with Crippen LogP contribution in [0.5, 0.6) is 0 Å². The maximum Gasteiger partial charge on any atom is 0.303 e. The fraction of sp³-hybridized carbons (Fsp3) is 0.413. The van der Waals surface area contributed by atoms with E-state index in [-0.39, 0.29) is 31.9 Å². The summed E-state index contributed by atoms with van der Waals surface area (Å²) in [5.41, 5.74) is 5.39. The molecule has 0 aromatic heterocycles. The minimum atomic E-state index is -1.08. The lowest BCUT2D eigenvalue weighted by molar-refractivity contribution is -0.379. The highest BCUT2D eigenvalue weighted by molar-refractivity contribution is 7.99. The minimum absolute atomic E-state index is 0.188. The third-order valence-corrected chi connectivity index (χ3v) is 14.9. The van der Waals surface area contributed by atoms with E-state index in [9.17, 15) is 4.79 Å². The van der Waals surface area contributed by atoms with Crippen LogP contribution >= 0.6 is 11.8 Å². The highest BCUT2D eigenvalue weighted by Crippen LogP contribution is 2.39. The number of rotatable bonds is 24. The first kappa shape index (κ1) is 56.4. The molecule has 9 rings (SSSR count). The van der Waals surface area contributed by atoms with Crippen LogP contribution in [-0.4, -0.2) is 103 Å². The maximum atomic E-state index is 12.8. The van der Waals surface area contributed by atoms with Crippen LogP contribution in [0.4, 0.5) is 0 Å². The highest BCUT2D eigenvalue weighted by Gasteiger charge is 2.55. The summed E-state index contributed by atoms with van der Waals surface area (Å²) in [5.74, 6) is -0.475. The van der Waals surface area contributed by atoms with Crippen LogP contribution in [0, 0.1) is 0 Å². The van der Waals surface area contributed by atoms with Crippen LogP contribution in [0.1, 0.15) is 61.1 Å². The van der Waals surface area contributed by atoms with Gasteiger partial charge in [0.15, 0.2) is 18.7 Å². The van der Waals surface area contributed by atoms with E-state index in [1.807, 2.05) is 209 Å². The van der Waals surface area contributed by atoms with Gasteiger partial charge in [0.05, 0.1) is 58.0 Å². The quantitative estimate of drug-likeness (QED) is 0.0533. The van der Waals surface area contributed by atoms with E-state index < -0.39 is 91.8 Å². The Morgan fingerprint density at radius 3 is 0.935 bits per heavy atom. The Labute approximate surface area is 457 Å². The Bertz CT molecular complexity index is 2620. The van der Waals surface area contributed by atoms with Crippen LogP contribution in [0.3, 0.4) is 0 Å². The molecule has 3 fully saturated rings. The molecule has 3 heterocycles. The van der Waals surface area contributed by atoms with Crippen molar-refractivity contribution < 1.29 is 61.6 Å². The van der Waals surface area contributed by atoms with Crippen molar-refractivity contribution in [3.63, 3.8) is 0 Å². The van der Waals surface area contributed by atoms with Crippen LogP contribution in [0.2, 0.25) is 0 Å². The zero-order chi connectivity index (χ0) is 53.3. The average Bonchev–Trinajstić information content (AvgIpc) is 3.46. The van der Waals surface area contributed by atoms with Crippen LogP contribution < -0.4 is 0 Å². The summed E-state index contributed by atoms with van der Waals surface area (Å²) in [6.45, 7) is 8.60. The molecule has 0 saturated carbocycles. The number of thioether (sulfide) groups is 1. The Hall–Kier alpha value is -5.30. The number of esters is 1. The van der Waals surface area contributed by atoms with Crippen molar-refractivity contribution >= 4 is 17.7 Å². The standard InChI is InChI=1S/C63H72O13S/c1-42-52(74-45(4)64)55(65-36-46-24-12-6-13-25-46)58(68-39-49-30-18-9-19-31-49)61(71-42)75-53-43(2)72-62(59(69-40-50-32-20-10-21-33-50)56(53)66-37-47-26-14-7-15-27-47)76-54-44(3)73-63(77-5)60(70-41-51-34-22-11-23-35-51)57(54)67-38-48-28-16-8-17-29-48/h6-35,42-44,52-63H,36-41H2,1-5H3/t42-,43-,44-,52-,53-,54-,55+,56+,57+,58+,59+,60+,61-,62-,63-/m0/s1. The van der Waals surface area contributed by atoms with Crippen molar-refractivity contribution in [2.45, 2.75) is 159 Å². The summed E-state index contributed by atoms with van der Waals surface area (Å²) in [6, 6.07) is 59.7. The van der Waals surface area contributed by atoms with E-state index in [0.29, 0.717) is 13.2 Å². The molecule has 14 heteroatoms. The van der Waals surface area contributed by atoms with Gasteiger partial charge >= 0.3 is 5.97 Å². The SMILES string of the molecule is CS[C@@H]1O[C@@H](C)[C@H](O[C@@H]2O[C@@H](C)[C@H](O[C@@H]3O[C@@H](C)[C@H](OC(C)=O)[C@@H](OCc4ccccc4)[C@H]3OCc3ccccc3)[C@@H](OCc3ccccc3)[C@H]2OCc2ccccc2)[C@@H](OCc2ccccc2)[C@H]1OCc1ccccc1. The van der Waals surface area contributed by atoms with E-state index in [1.54, 1.807) is 11.8 Å². The Kier molecular flexibility index (Phi) is 20.9. The summed E-state index contributed by atoms with van der Waals surface area (Å²) in [5, 5.41) is 0. The van der Waals surface area contributed by atoms with Gasteiger partial charge in [-0.3, -0.25) is 4.79 Å². The summed E-state index contributed by atoms with van der Waals surface area (Å²) < 4.78 is 82.9. The van der Waals surface area contributed by atoms with Crippen molar-refractivity contribution in [3.05, 3.63) is 215 Å². The molecule has 0 bridgehead atoms. The van der Waals surface area contributed by atoms with Crippen molar-refractivity contribution in [1.29, 1.82) is 0 Å². The molecule has 0 spiro atoms. The maximum absolute atomic E-state index is 12.8. The molecular formula is C63H72O13S. The van der Waals surface area contributed by atoms with E-state index >= 15 is 0 Å². The third kappa shape index (κ3) is 15.5. The van der Waals surface area contributed by atoms with Crippen molar-refractivity contribution in [3.8, 4) is 0 Å². The molecule has 0 N–H and O–H groups in total. The van der Waals surface area contributed by atoms with E-state index in [0.717, 1.165) is 33.4 Å². The number of carbonyl (C=O) groups excluding carboxylic acids is 1. The van der Waals surface area contributed by atoms with E-state index in [1.165, 1.54) is 6.92 Å². The Morgan fingerprint density at radius 2 is 0.623 bits per heavy atom. The van der Waals surface area contributed by atoms with Crippen molar-refractivity contribution in [1.82, 2.24) is 0 Å². The summed E-state index contributed by atoms with van der Waals surface area (Å²) in [6.07, 6.45) is -9.05. The molecule has 0 amide bonds. The van der Waals surface area contributed by atoms with E-state index in [2.05, 4.69) is 0 Å². The zero-order valence-corrected chi connectivity index (χ0v) is 45.3. The predicted molar refractivity (Wildman–Crippen MR) is 292 cm³/mol. The van der Waals surface area contributed by atoms with Gasteiger partial charge in [0.1, 0.15) is 54.3 Å². The van der Waals surface area contributed by atoms with Gasteiger partial charge in [0.25, 0.3) is 0 Å². The second kappa shape index (κ2) is 28.5. The first-order valence-electron chi connectivity index (χ1n) is 26.6. The van der Waals surface area contributed by atoms with Crippen LogP contribution in [0.15, 0.2) is 182 Å². The summed E-state index contributed by atoms with van der Waals surface area (Å²) in [7, 11) is 0. The first-order chi connectivity index (χ1) is 37.7. The second-order valence-electron chi connectivity index (χ2n) is 19.7. The molecule has 3 saturated heterocycles. The molecule has 13 nitrogen and oxygen atoms in total. The fourth-order valence-electron chi connectivity index (χ4n) is 10.1. The molecular weight excluding hydrogens is 997 g/mol. The van der Waals surface area contributed by atoms with E-state index in [4.69, 9.17) is 56.8 Å². The average molecular weight is 1070 g/mol. The number of hydrogen-bond donors (Lipinski definition) is 0. The molecule has 77 heavy (non-hydrogen) atoms. The first-order valence-corrected chi connectivity index (χ1v) is 27.9. The summed E-state index contributed by atoms with van der Waals surface area (Å²) in [4.78, 5) is 12.8. The van der Waals surface area contributed by atoms with Gasteiger partial charge < -0.3 is 56.8 Å². The minimum Gasteiger partial charge on any atom is -0.457 e. The van der Waals surface area contributed by atoms with Gasteiger partial charge in [-0.1, -0.05) is 182 Å². The molecule has 0 aliphatic carbocycles. The molecule has 0 unspecified atom stereocenters. The lowest BCUT2D eigenvalue weighted by Crippen LogP contribution is -2.66. The Morgan fingerprint density at radius 1 is 0.364 bits per heavy atom. The lowest BCUT2D eigenvalue weighted by Gasteiger charge is -2.51. The number of hydrogen-bond acceptors (Lipinski definition) is 14. The fourth-order valence-corrected chi connectivity index (χ4v) is 10.9. The van der Waals surface area contributed by atoms with Crippen LogP contribution in [0.25, 0.3) is 0 Å². The van der Waals surface area contributed by atoms with Gasteiger partial charge in [-0.25, -0.2) is 0 Å². The molecule has 0 radical (unpaired) electrons. The molecule has 408 valence electrons. The molecule has 3 aliphatic heterocycles. The highest BCUT2D eigenvalue weighted by atomic mass is 32.2. The molecule has 6 aromatic rings. The van der Waals surface area contributed by atoms with Crippen molar-refractivity contribution in [2.24, 2.45) is 0 Å². The number of ether oxygens (including phenoxy) is 12.